The fraction of sp³-hybridized carbons (Fsp3) is 0.182. The molecule has 31 heavy (non-hydrogen) atoms. The van der Waals surface area contributed by atoms with Gasteiger partial charge in [-0.05, 0) is 55.3 Å². The van der Waals surface area contributed by atoms with Gasteiger partial charge in [0.05, 0.1) is 18.6 Å². The van der Waals surface area contributed by atoms with Crippen molar-refractivity contribution >= 4 is 11.6 Å². The first-order chi connectivity index (χ1) is 15.1. The van der Waals surface area contributed by atoms with E-state index in [2.05, 4.69) is 20.5 Å². The lowest BCUT2D eigenvalue weighted by Crippen LogP contribution is -2.16. The number of carbonyl (C=O) groups excluding carboxylic acids is 1. The van der Waals surface area contributed by atoms with Crippen LogP contribution in [0.25, 0.3) is 23.1 Å². The SMILES string of the molecule is CCOc1ncc(CC)cc1C(=O)Nc1cc(-c2nnc(-c3ccco3)o2)ccc1F.[HH]. The lowest BCUT2D eigenvalue weighted by Gasteiger charge is -2.12. The molecule has 3 aromatic heterocycles. The molecule has 8 nitrogen and oxygen atoms in total. The van der Waals surface area contributed by atoms with Crippen LogP contribution in [0.3, 0.4) is 0 Å². The monoisotopic (exact) mass is 424 g/mol. The van der Waals surface area contributed by atoms with Crippen LogP contribution in [-0.4, -0.2) is 27.7 Å². The molecule has 1 amide bonds. The molecular weight excluding hydrogens is 403 g/mol. The van der Waals surface area contributed by atoms with Crippen molar-refractivity contribution in [2.24, 2.45) is 0 Å². The second-order valence-electron chi connectivity index (χ2n) is 6.52. The van der Waals surface area contributed by atoms with Crippen molar-refractivity contribution in [2.45, 2.75) is 20.3 Å². The van der Waals surface area contributed by atoms with Gasteiger partial charge in [-0.1, -0.05) is 6.92 Å². The molecule has 0 saturated carbocycles. The fourth-order valence-corrected chi connectivity index (χ4v) is 2.89. The van der Waals surface area contributed by atoms with Crippen LogP contribution in [0, 0.1) is 5.82 Å². The molecule has 0 bridgehead atoms. The number of aryl methyl sites for hydroxylation is 1. The Balaban J connectivity index is 0.00000289. The summed E-state index contributed by atoms with van der Waals surface area (Å²) in [6, 6.07) is 9.18. The van der Waals surface area contributed by atoms with Crippen molar-refractivity contribution in [1.82, 2.24) is 15.2 Å². The van der Waals surface area contributed by atoms with E-state index in [1.807, 2.05) is 6.92 Å². The van der Waals surface area contributed by atoms with Crippen molar-refractivity contribution in [3.8, 4) is 29.0 Å². The van der Waals surface area contributed by atoms with Gasteiger partial charge in [-0.2, -0.15) is 0 Å². The highest BCUT2D eigenvalue weighted by atomic mass is 19.1. The van der Waals surface area contributed by atoms with Crippen LogP contribution in [0.15, 0.2) is 57.7 Å². The Bertz CT molecular complexity index is 1210. The van der Waals surface area contributed by atoms with Gasteiger partial charge in [0.2, 0.25) is 11.8 Å². The molecule has 160 valence electrons. The fourth-order valence-electron chi connectivity index (χ4n) is 2.89. The smallest absolute Gasteiger partial charge is 0.283 e. The molecule has 0 aliphatic rings. The maximum absolute atomic E-state index is 14.4. The number of halogens is 1. The quantitative estimate of drug-likeness (QED) is 0.446. The number of carbonyl (C=O) groups is 1. The summed E-state index contributed by atoms with van der Waals surface area (Å²) < 4.78 is 30.7. The van der Waals surface area contributed by atoms with Crippen molar-refractivity contribution in [3.63, 3.8) is 0 Å². The Morgan fingerprint density at radius 2 is 2.03 bits per heavy atom. The first-order valence-corrected chi connectivity index (χ1v) is 9.69. The van der Waals surface area contributed by atoms with Crippen LogP contribution in [-0.2, 0) is 6.42 Å². The second-order valence-corrected chi connectivity index (χ2v) is 6.52. The molecule has 9 heteroatoms. The number of benzene rings is 1. The van der Waals surface area contributed by atoms with Crippen LogP contribution < -0.4 is 10.1 Å². The first-order valence-electron chi connectivity index (χ1n) is 9.69. The van der Waals surface area contributed by atoms with Crippen LogP contribution in [0.1, 0.15) is 31.2 Å². The summed E-state index contributed by atoms with van der Waals surface area (Å²) in [6.45, 7) is 4.09. The number of ether oxygens (including phenoxy) is 1. The maximum Gasteiger partial charge on any atom is 0.283 e. The molecule has 0 spiro atoms. The normalized spacial score (nSPS) is 10.8. The van der Waals surface area contributed by atoms with E-state index in [-0.39, 0.29) is 30.3 Å². The molecule has 0 unspecified atom stereocenters. The van der Waals surface area contributed by atoms with Gasteiger partial charge in [-0.25, -0.2) is 9.37 Å². The average Bonchev–Trinajstić information content (AvgIpc) is 3.48. The lowest BCUT2D eigenvalue weighted by molar-refractivity contribution is 0.102. The molecule has 0 radical (unpaired) electrons. The van der Waals surface area contributed by atoms with Gasteiger partial charge in [-0.15, -0.1) is 10.2 Å². The van der Waals surface area contributed by atoms with Gasteiger partial charge in [0.1, 0.15) is 11.4 Å². The third kappa shape index (κ3) is 4.30. The summed E-state index contributed by atoms with van der Waals surface area (Å²) >= 11 is 0. The van der Waals surface area contributed by atoms with E-state index < -0.39 is 11.7 Å². The Hall–Kier alpha value is -4.01. The Kier molecular flexibility index (Phi) is 5.74. The molecule has 0 aliphatic carbocycles. The van der Waals surface area contributed by atoms with Crippen LogP contribution in [0.5, 0.6) is 5.88 Å². The highest BCUT2D eigenvalue weighted by molar-refractivity contribution is 6.06. The van der Waals surface area contributed by atoms with Gasteiger partial charge in [0, 0.05) is 13.2 Å². The van der Waals surface area contributed by atoms with Crippen molar-refractivity contribution in [2.75, 3.05) is 11.9 Å². The van der Waals surface area contributed by atoms with Crippen LogP contribution in [0.2, 0.25) is 0 Å². The number of nitrogens with one attached hydrogen (secondary N) is 1. The molecule has 0 fully saturated rings. The van der Waals surface area contributed by atoms with Gasteiger partial charge in [0.15, 0.2) is 5.76 Å². The van der Waals surface area contributed by atoms with E-state index in [1.54, 1.807) is 31.3 Å². The van der Waals surface area contributed by atoms with Crippen LogP contribution >= 0.6 is 0 Å². The number of pyridine rings is 1. The van der Waals surface area contributed by atoms with E-state index in [0.29, 0.717) is 24.4 Å². The van der Waals surface area contributed by atoms with Gasteiger partial charge in [0.25, 0.3) is 11.8 Å². The molecule has 4 aromatic rings. The topological polar surface area (TPSA) is 103 Å². The van der Waals surface area contributed by atoms with E-state index in [4.69, 9.17) is 13.6 Å². The summed E-state index contributed by atoms with van der Waals surface area (Å²) in [5.74, 6) is -0.190. The molecule has 0 saturated heterocycles. The Labute approximate surface area is 178 Å². The van der Waals surface area contributed by atoms with Crippen molar-refractivity contribution < 1.29 is 24.2 Å². The number of anilines is 1. The third-order valence-electron chi connectivity index (χ3n) is 4.46. The zero-order chi connectivity index (χ0) is 21.8. The first kappa shape index (κ1) is 20.3. The second kappa shape index (κ2) is 8.78. The predicted octanol–water partition coefficient (Wildman–Crippen LogP) is 4.99. The van der Waals surface area contributed by atoms with Gasteiger partial charge < -0.3 is 18.9 Å². The molecule has 4 rings (SSSR count). The highest BCUT2D eigenvalue weighted by Crippen LogP contribution is 2.28. The average molecular weight is 424 g/mol. The number of furan rings is 1. The summed E-state index contributed by atoms with van der Waals surface area (Å²) in [5.41, 5.74) is 1.49. The van der Waals surface area contributed by atoms with Crippen LogP contribution in [0.4, 0.5) is 10.1 Å². The summed E-state index contributed by atoms with van der Waals surface area (Å²) in [6.07, 6.45) is 3.83. The number of amides is 1. The minimum Gasteiger partial charge on any atom is -0.477 e. The van der Waals surface area contributed by atoms with Crippen molar-refractivity contribution in [1.29, 1.82) is 0 Å². The van der Waals surface area contributed by atoms with E-state index >= 15 is 0 Å². The Morgan fingerprint density at radius 1 is 1.19 bits per heavy atom. The van der Waals surface area contributed by atoms with E-state index in [0.717, 1.165) is 5.56 Å². The minimum atomic E-state index is -0.611. The molecule has 1 aromatic carbocycles. The minimum absolute atomic E-state index is 0. The molecule has 3 heterocycles. The summed E-state index contributed by atoms with van der Waals surface area (Å²) in [5, 5.41) is 10.5. The standard InChI is InChI=1S/C22H19FN4O4.H2/c1-3-13-10-15(21(24-12-13)29-4-2)19(28)25-17-11-14(7-8-16(17)23)20-26-27-22(31-20)18-6-5-9-30-18;/h5-12H,3-4H2,1-2H3,(H,25,28);1H. The number of hydrogen-bond acceptors (Lipinski definition) is 7. The van der Waals surface area contributed by atoms with Crippen molar-refractivity contribution in [3.05, 3.63) is 65.8 Å². The largest absolute Gasteiger partial charge is 0.477 e. The lowest BCUT2D eigenvalue weighted by atomic mass is 10.1. The molecular formula is C22H21FN4O4. The van der Waals surface area contributed by atoms with E-state index in [9.17, 15) is 9.18 Å². The number of rotatable bonds is 7. The highest BCUT2D eigenvalue weighted by Gasteiger charge is 2.19. The maximum atomic E-state index is 14.4. The van der Waals surface area contributed by atoms with Gasteiger partial charge in [-0.3, -0.25) is 4.79 Å². The Morgan fingerprint density at radius 3 is 2.77 bits per heavy atom. The number of aromatic nitrogens is 3. The van der Waals surface area contributed by atoms with Gasteiger partial charge >= 0.3 is 0 Å². The van der Waals surface area contributed by atoms with E-state index in [1.165, 1.54) is 24.5 Å². The number of hydrogen-bond donors (Lipinski definition) is 1. The molecule has 0 atom stereocenters. The molecule has 0 aliphatic heterocycles. The zero-order valence-electron chi connectivity index (χ0n) is 16.9. The summed E-state index contributed by atoms with van der Waals surface area (Å²) in [7, 11) is 0. The third-order valence-corrected chi connectivity index (χ3v) is 4.46. The molecule has 1 N–H and O–H groups in total. The summed E-state index contributed by atoms with van der Waals surface area (Å²) in [4.78, 5) is 17.1. The zero-order valence-corrected chi connectivity index (χ0v) is 16.9. The number of nitrogens with zero attached hydrogens (tertiary/aromatic N) is 3. The predicted molar refractivity (Wildman–Crippen MR) is 112 cm³/mol.